The number of rotatable bonds is 2. The molecule has 4 amide bonds. The van der Waals surface area contributed by atoms with Gasteiger partial charge in [0.05, 0.1) is 11.4 Å². The maximum Gasteiger partial charge on any atom is 0.343 e. The third kappa shape index (κ3) is 2.62. The number of hydrogen-bond donors (Lipinski definition) is 0. The van der Waals surface area contributed by atoms with E-state index < -0.39 is 17.8 Å². The molecular formula is C15H8I2N2O3. The van der Waals surface area contributed by atoms with Gasteiger partial charge in [0, 0.05) is 7.14 Å². The number of nitrogens with zero attached hydrogens (tertiary/aromatic N) is 2. The second-order valence-electron chi connectivity index (χ2n) is 4.52. The highest BCUT2D eigenvalue weighted by Gasteiger charge is 2.46. The van der Waals surface area contributed by atoms with Crippen LogP contribution in [0.4, 0.5) is 16.2 Å². The Bertz CT molecular complexity index is 707. The van der Waals surface area contributed by atoms with Crippen molar-refractivity contribution in [3.63, 3.8) is 0 Å². The van der Waals surface area contributed by atoms with Gasteiger partial charge < -0.3 is 0 Å². The van der Waals surface area contributed by atoms with Crippen molar-refractivity contribution in [2.75, 3.05) is 9.80 Å². The maximum absolute atomic E-state index is 12.5. The van der Waals surface area contributed by atoms with Crippen molar-refractivity contribution in [2.45, 2.75) is 0 Å². The van der Waals surface area contributed by atoms with E-state index in [-0.39, 0.29) is 0 Å². The van der Waals surface area contributed by atoms with Crippen molar-refractivity contribution in [3.05, 3.63) is 55.7 Å². The summed E-state index contributed by atoms with van der Waals surface area (Å²) in [5.41, 5.74) is 0.772. The number of amides is 4. The van der Waals surface area contributed by atoms with E-state index in [0.29, 0.717) is 11.4 Å². The number of hydrogen-bond acceptors (Lipinski definition) is 3. The highest BCUT2D eigenvalue weighted by molar-refractivity contribution is 14.1. The minimum absolute atomic E-state index is 0.386. The molecule has 0 N–H and O–H groups in total. The first-order valence-electron chi connectivity index (χ1n) is 6.22. The first kappa shape index (κ1) is 15.4. The number of carbonyl (C=O) groups is 3. The Morgan fingerprint density at radius 2 is 0.909 bits per heavy atom. The molecule has 1 heterocycles. The van der Waals surface area contributed by atoms with Gasteiger partial charge in [-0.3, -0.25) is 9.59 Å². The second kappa shape index (κ2) is 5.95. The predicted octanol–water partition coefficient (Wildman–Crippen LogP) is 3.40. The smallest absolute Gasteiger partial charge is 0.262 e. The number of halogens is 2. The Balaban J connectivity index is 2.00. The van der Waals surface area contributed by atoms with E-state index in [1.807, 2.05) is 0 Å². The van der Waals surface area contributed by atoms with Crippen molar-refractivity contribution in [3.8, 4) is 0 Å². The molecule has 22 heavy (non-hydrogen) atoms. The van der Waals surface area contributed by atoms with Crippen LogP contribution in [0.3, 0.4) is 0 Å². The summed E-state index contributed by atoms with van der Waals surface area (Å²) < 4.78 is 1.95. The lowest BCUT2D eigenvalue weighted by molar-refractivity contribution is -0.133. The molecule has 0 unspecified atom stereocenters. The van der Waals surface area contributed by atoms with Gasteiger partial charge in [-0.15, -0.1) is 0 Å². The van der Waals surface area contributed by atoms with Crippen LogP contribution in [-0.2, 0) is 9.59 Å². The first-order valence-corrected chi connectivity index (χ1v) is 8.38. The van der Waals surface area contributed by atoms with E-state index >= 15 is 0 Å². The van der Waals surface area contributed by atoms with Crippen LogP contribution in [-0.4, -0.2) is 17.8 Å². The van der Waals surface area contributed by atoms with Crippen LogP contribution in [0.25, 0.3) is 0 Å². The summed E-state index contributed by atoms with van der Waals surface area (Å²) in [6.07, 6.45) is 0. The van der Waals surface area contributed by atoms with E-state index in [2.05, 4.69) is 45.2 Å². The van der Waals surface area contributed by atoms with Gasteiger partial charge in [-0.05, 0) is 93.7 Å². The summed E-state index contributed by atoms with van der Waals surface area (Å²) >= 11 is 4.25. The molecular weight excluding hydrogens is 510 g/mol. The van der Waals surface area contributed by atoms with Gasteiger partial charge in [0.2, 0.25) is 0 Å². The van der Waals surface area contributed by atoms with Crippen molar-refractivity contribution in [2.24, 2.45) is 0 Å². The highest BCUT2D eigenvalue weighted by atomic mass is 127. The Morgan fingerprint density at radius 3 is 1.23 bits per heavy atom. The van der Waals surface area contributed by atoms with Crippen LogP contribution in [0, 0.1) is 7.14 Å². The van der Waals surface area contributed by atoms with Gasteiger partial charge in [0.15, 0.2) is 0 Å². The molecule has 7 heteroatoms. The maximum atomic E-state index is 12.5. The van der Waals surface area contributed by atoms with Gasteiger partial charge in [-0.25, -0.2) is 14.6 Å². The van der Waals surface area contributed by atoms with E-state index in [0.717, 1.165) is 16.9 Å². The molecule has 1 aliphatic heterocycles. The van der Waals surface area contributed by atoms with Crippen molar-refractivity contribution < 1.29 is 14.4 Å². The first-order chi connectivity index (χ1) is 10.5. The summed E-state index contributed by atoms with van der Waals surface area (Å²) in [4.78, 5) is 38.6. The highest BCUT2D eigenvalue weighted by Crippen LogP contribution is 2.27. The SMILES string of the molecule is O=C1C(=O)N(c2ccc(I)cc2)C(=O)N1c1ccc(I)cc1. The van der Waals surface area contributed by atoms with E-state index in [1.54, 1.807) is 48.5 Å². The van der Waals surface area contributed by atoms with Crippen LogP contribution in [0.2, 0.25) is 0 Å². The topological polar surface area (TPSA) is 57.7 Å². The van der Waals surface area contributed by atoms with Gasteiger partial charge in [-0.1, -0.05) is 0 Å². The van der Waals surface area contributed by atoms with E-state index in [9.17, 15) is 14.4 Å². The molecule has 0 bridgehead atoms. The molecule has 3 rings (SSSR count). The third-order valence-electron chi connectivity index (χ3n) is 3.14. The summed E-state index contributed by atoms with van der Waals surface area (Å²) in [5, 5.41) is 0. The number of imide groups is 2. The van der Waals surface area contributed by atoms with Crippen LogP contribution >= 0.6 is 45.2 Å². The van der Waals surface area contributed by atoms with Crippen LogP contribution in [0.15, 0.2) is 48.5 Å². The molecule has 5 nitrogen and oxygen atoms in total. The molecule has 1 saturated heterocycles. The molecule has 2 aromatic carbocycles. The molecule has 0 spiro atoms. The Kier molecular flexibility index (Phi) is 4.17. The second-order valence-corrected chi connectivity index (χ2v) is 7.01. The minimum atomic E-state index is -0.843. The Hall–Kier alpha value is -1.49. The average molecular weight is 518 g/mol. The van der Waals surface area contributed by atoms with Crippen molar-refractivity contribution in [1.82, 2.24) is 0 Å². The standard InChI is InChI=1S/C15H8I2N2O3/c16-9-1-5-11(6-2-9)18-13(20)14(21)19(15(18)22)12-7-3-10(17)4-8-12/h1-8H. The predicted molar refractivity (Wildman–Crippen MR) is 98.7 cm³/mol. The number of benzene rings is 2. The van der Waals surface area contributed by atoms with Gasteiger partial charge in [0.25, 0.3) is 0 Å². The zero-order chi connectivity index (χ0) is 15.9. The van der Waals surface area contributed by atoms with Crippen LogP contribution in [0.1, 0.15) is 0 Å². The molecule has 110 valence electrons. The lowest BCUT2D eigenvalue weighted by Gasteiger charge is -2.15. The lowest BCUT2D eigenvalue weighted by Crippen LogP contribution is -2.33. The normalized spacial score (nSPS) is 14.9. The van der Waals surface area contributed by atoms with Crippen molar-refractivity contribution in [1.29, 1.82) is 0 Å². The molecule has 1 fully saturated rings. The monoisotopic (exact) mass is 518 g/mol. The quantitative estimate of drug-likeness (QED) is 0.348. The molecule has 0 aromatic heterocycles. The molecule has 0 radical (unpaired) electrons. The lowest BCUT2D eigenvalue weighted by atomic mass is 10.3. The molecule has 2 aromatic rings. The largest absolute Gasteiger partial charge is 0.343 e. The Morgan fingerprint density at radius 1 is 0.591 bits per heavy atom. The molecule has 0 aliphatic carbocycles. The van der Waals surface area contributed by atoms with Gasteiger partial charge >= 0.3 is 17.8 Å². The number of urea groups is 1. The summed E-state index contributed by atoms with van der Waals surface area (Å²) in [6.45, 7) is 0. The third-order valence-corrected chi connectivity index (χ3v) is 4.58. The van der Waals surface area contributed by atoms with E-state index in [1.165, 1.54) is 0 Å². The number of anilines is 2. The van der Waals surface area contributed by atoms with Crippen molar-refractivity contribution >= 4 is 74.4 Å². The minimum Gasteiger partial charge on any atom is -0.262 e. The fourth-order valence-electron chi connectivity index (χ4n) is 2.10. The average Bonchev–Trinajstić information content (AvgIpc) is 2.72. The zero-order valence-electron chi connectivity index (χ0n) is 11.0. The Labute approximate surface area is 153 Å². The fourth-order valence-corrected chi connectivity index (χ4v) is 2.82. The molecule has 0 saturated carbocycles. The fraction of sp³-hybridized carbons (Fsp3) is 0. The van der Waals surface area contributed by atoms with Gasteiger partial charge in [0.1, 0.15) is 0 Å². The van der Waals surface area contributed by atoms with Gasteiger partial charge in [-0.2, -0.15) is 0 Å². The van der Waals surface area contributed by atoms with E-state index in [4.69, 9.17) is 0 Å². The zero-order valence-corrected chi connectivity index (χ0v) is 15.3. The molecule has 0 atom stereocenters. The molecule has 1 aliphatic rings. The van der Waals surface area contributed by atoms with Crippen LogP contribution in [0.5, 0.6) is 0 Å². The summed E-state index contributed by atoms with van der Waals surface area (Å²) in [7, 11) is 0. The van der Waals surface area contributed by atoms with Crippen LogP contribution < -0.4 is 9.80 Å². The summed E-state index contributed by atoms with van der Waals surface area (Å²) in [5.74, 6) is -1.69. The summed E-state index contributed by atoms with van der Waals surface area (Å²) in [6, 6.07) is 13.0. The number of carbonyl (C=O) groups excluding carboxylic acids is 3.